The van der Waals surface area contributed by atoms with Crippen LogP contribution in [0.1, 0.15) is 5.56 Å². The largest absolute Gasteiger partial charge is 1.00 e. The molecule has 5 heterocycles. The first-order chi connectivity index (χ1) is 36.6. The molecule has 0 saturated carbocycles. The fourth-order valence-electron chi connectivity index (χ4n) is 6.46. The molecule has 0 aliphatic carbocycles. The molecule has 0 saturated heterocycles. The first-order valence-electron chi connectivity index (χ1n) is 20.2. The standard InChI is InChI=1S/C41H25N19O7S2.5Li.2O3S/c1-45-30-22-47-58(27-15-9-17-29(19-27)69(65,66)67)38(30)54-52-34-32(24-12-6-3-7-13-24)56-60(36(34)44)40-48-39(49-41(61)50-40)59-35(43)33(31(55-59)23-10-4-2-5-11-23)51-53-37-25(20-42)21-46-57(37)26-14-8-16-28(18-26)68(62,63)64;;;;;;2*1-4(2)3/h2-7,10-19,21-22H,43-44H2,(H,62,63,64)(H,65,66,67)(H,48,49,50,61);;;;;;;/q-2;5*+1;;/p-3. The van der Waals surface area contributed by atoms with E-state index in [9.17, 15) is 36.3 Å². The number of azo groups is 2. The Bertz CT molecular complexity index is 4120. The van der Waals surface area contributed by atoms with Gasteiger partial charge in [-0.2, -0.15) is 76.4 Å². The van der Waals surface area contributed by atoms with Crippen LogP contribution in [0.15, 0.2) is 140 Å². The van der Waals surface area contributed by atoms with E-state index in [0.717, 1.165) is 55.4 Å². The third-order valence-corrected chi connectivity index (χ3v) is 11.2. The van der Waals surface area contributed by atoms with Crippen molar-refractivity contribution in [2.24, 2.45) is 20.5 Å². The van der Waals surface area contributed by atoms with Gasteiger partial charge in [-0.3, -0.25) is 26.2 Å². The predicted molar refractivity (Wildman–Crippen MR) is 253 cm³/mol. The summed E-state index contributed by atoms with van der Waals surface area (Å²) >= 11 is 0. The Morgan fingerprint density at radius 1 is 0.598 bits per heavy atom. The molecule has 5 aromatic heterocycles. The zero-order valence-corrected chi connectivity index (χ0v) is 45.9. The zero-order chi connectivity index (χ0) is 55.8. The van der Waals surface area contributed by atoms with E-state index >= 15 is 0 Å². The average Bonchev–Trinajstić information content (AvgIpc) is 4.17. The van der Waals surface area contributed by atoms with Crippen LogP contribution in [0.2, 0.25) is 0 Å². The number of nitrogens with two attached hydrogens (primary N) is 2. The molecular weight excluding hydrogens is 1130 g/mol. The van der Waals surface area contributed by atoms with Crippen LogP contribution in [0.5, 0.6) is 6.01 Å². The Labute approximate surface area is 525 Å². The summed E-state index contributed by atoms with van der Waals surface area (Å²) in [5, 5.41) is 57.8. The molecule has 0 bridgehead atoms. The summed E-state index contributed by atoms with van der Waals surface area (Å²) in [6.07, 6.45) is 2.29. The third-order valence-electron chi connectivity index (χ3n) is 9.61. The van der Waals surface area contributed by atoms with Gasteiger partial charge in [-0.15, -0.1) is 57.8 Å². The van der Waals surface area contributed by atoms with Crippen molar-refractivity contribution >= 4 is 81.8 Å². The first-order valence-corrected chi connectivity index (χ1v) is 25.0. The van der Waals surface area contributed by atoms with Gasteiger partial charge in [0.2, 0.25) is 0 Å². The number of nitrogen functional groups attached to an aromatic ring is 2. The van der Waals surface area contributed by atoms with Crippen molar-refractivity contribution in [2.75, 3.05) is 11.5 Å². The fourth-order valence-corrected chi connectivity index (χ4v) is 7.41. The minimum atomic E-state index is -4.90. The van der Waals surface area contributed by atoms with E-state index < -0.39 is 69.2 Å². The minimum Gasteiger partial charge on any atom is -0.844 e. The Balaban J connectivity index is 0.00000166. The average molecular weight is 1150 g/mol. The number of anilines is 2. The summed E-state index contributed by atoms with van der Waals surface area (Å²) in [6.45, 7) is 7.70. The monoisotopic (exact) mass is 1150 g/mol. The Morgan fingerprint density at radius 3 is 1.38 bits per heavy atom. The molecule has 32 nitrogen and oxygen atoms in total. The fraction of sp³-hybridized carbons (Fsp3) is 0. The van der Waals surface area contributed by atoms with Gasteiger partial charge in [-0.05, 0) is 11.4 Å². The number of nitrogens with zero attached hydrogens (tertiary/aromatic N) is 17. The van der Waals surface area contributed by atoms with Gasteiger partial charge in [0.15, 0.2) is 34.6 Å². The molecule has 82 heavy (non-hydrogen) atoms. The van der Waals surface area contributed by atoms with Gasteiger partial charge in [-0.25, -0.2) is 14.8 Å². The van der Waals surface area contributed by atoms with Gasteiger partial charge in [-0.1, -0.05) is 70.5 Å². The first kappa shape index (κ1) is 70.5. The van der Waals surface area contributed by atoms with Crippen molar-refractivity contribution in [1.29, 1.82) is 5.26 Å². The zero-order valence-electron chi connectivity index (χ0n) is 42.6. The Morgan fingerprint density at radius 2 is 0.988 bits per heavy atom. The Kier molecular flexibility index (Phi) is 26.1. The molecular formula is C41H22Li5N19O13S4. The number of rotatable bonds is 12. The summed E-state index contributed by atoms with van der Waals surface area (Å²) in [4.78, 5) is 14.5. The molecule has 0 fully saturated rings. The van der Waals surface area contributed by atoms with Crippen molar-refractivity contribution in [3.63, 3.8) is 0 Å². The normalized spacial score (nSPS) is 10.6. The van der Waals surface area contributed by atoms with E-state index in [-0.39, 0.29) is 163 Å². The molecule has 0 aliphatic heterocycles. The van der Waals surface area contributed by atoms with Crippen molar-refractivity contribution in [1.82, 2.24) is 54.1 Å². The molecule has 4 aromatic carbocycles. The molecule has 4 N–H and O–H groups in total. The Hall–Kier alpha value is -7.64. The van der Waals surface area contributed by atoms with Crippen LogP contribution < -0.4 is 111 Å². The maximum absolute atomic E-state index is 13.3. The summed E-state index contributed by atoms with van der Waals surface area (Å²) < 4.78 is 125. The molecule has 0 unspecified atom stereocenters. The van der Waals surface area contributed by atoms with E-state index in [4.69, 9.17) is 43.3 Å². The van der Waals surface area contributed by atoms with Crippen LogP contribution in [0, 0.1) is 30.0 Å². The number of aromatic nitrogens is 11. The van der Waals surface area contributed by atoms with Crippen LogP contribution in [0.25, 0.3) is 50.6 Å². The second-order valence-electron chi connectivity index (χ2n) is 14.3. The van der Waals surface area contributed by atoms with Gasteiger partial charge < -0.3 is 25.7 Å². The summed E-state index contributed by atoms with van der Waals surface area (Å²) in [7, 11) is -16.0. The summed E-state index contributed by atoms with van der Waals surface area (Å²) in [5.74, 6) is -1.83. The predicted octanol–water partition coefficient (Wildman–Crippen LogP) is -12.1. The topological polar surface area (TPSA) is 479 Å². The number of benzene rings is 4. The third kappa shape index (κ3) is 16.7. The van der Waals surface area contributed by atoms with E-state index in [1.54, 1.807) is 60.7 Å². The molecule has 0 spiro atoms. The van der Waals surface area contributed by atoms with E-state index in [2.05, 4.69) is 72.8 Å². The maximum Gasteiger partial charge on any atom is 1.00 e. The van der Waals surface area contributed by atoms with Crippen LogP contribution in [0.3, 0.4) is 0 Å². The van der Waals surface area contributed by atoms with Gasteiger partial charge >= 0.3 is 116 Å². The van der Waals surface area contributed by atoms with Crippen LogP contribution in [-0.4, -0.2) is 105 Å². The number of nitriles is 1. The molecule has 9 rings (SSSR count). The summed E-state index contributed by atoms with van der Waals surface area (Å²) in [5.41, 5.74) is 14.0. The second-order valence-corrected chi connectivity index (χ2v) is 17.9. The van der Waals surface area contributed by atoms with Crippen LogP contribution in [0.4, 0.5) is 40.3 Å². The van der Waals surface area contributed by atoms with Gasteiger partial charge in [0.1, 0.15) is 23.0 Å². The smallest absolute Gasteiger partial charge is 0.844 e. The van der Waals surface area contributed by atoms with Crippen molar-refractivity contribution < 1.29 is 151 Å². The van der Waals surface area contributed by atoms with Crippen molar-refractivity contribution in [3.05, 3.63) is 139 Å². The maximum atomic E-state index is 13.3. The molecule has 0 aliphatic rings. The summed E-state index contributed by atoms with van der Waals surface area (Å²) in [6, 6.07) is 29.5. The van der Waals surface area contributed by atoms with E-state index in [1.807, 2.05) is 6.07 Å². The molecule has 0 amide bonds. The van der Waals surface area contributed by atoms with Crippen molar-refractivity contribution in [3.8, 4) is 57.9 Å². The van der Waals surface area contributed by atoms with E-state index in [1.165, 1.54) is 12.1 Å². The second kappa shape index (κ2) is 30.4. The molecule has 0 radical (unpaired) electrons. The molecule has 41 heteroatoms. The van der Waals surface area contributed by atoms with Gasteiger partial charge in [0.25, 0.3) is 17.6 Å². The SMILES string of the molecule is O=S(=O)=O.O=S(=O)=O.[C-]#[N+]c1cnn(-c2c[c-]cc(S(=O)(=O)[O-])c2)c1N=Nc1c(-c2ccccc2)nn(-c2nc([O-])nc(-n3nc(-c4ccccc4)c(N=Nc4c(C#N)cnn4-c4c[c-]cc(S(=O)(=O)[O-])c4)c3N)n2)c1N.[Li+].[Li+].[Li+].[Li+].[Li+]. The van der Waals surface area contributed by atoms with Crippen molar-refractivity contribution in [2.45, 2.75) is 9.79 Å². The number of hydrogen-bond donors (Lipinski definition) is 2. The molecule has 9 aromatic rings. The quantitative estimate of drug-likeness (QED) is 0.0496. The van der Waals surface area contributed by atoms with Crippen LogP contribution >= 0.6 is 0 Å². The molecule has 388 valence electrons. The van der Waals surface area contributed by atoms with Gasteiger partial charge in [0, 0.05) is 11.1 Å². The van der Waals surface area contributed by atoms with Crippen LogP contribution in [-0.2, 0) is 41.5 Å². The van der Waals surface area contributed by atoms with E-state index in [0.29, 0.717) is 11.1 Å². The minimum absolute atomic E-state index is 0. The van der Waals surface area contributed by atoms with Gasteiger partial charge in [0.05, 0.1) is 45.2 Å². The molecule has 0 atom stereocenters. The number of hydrogen-bond acceptors (Lipinski definition) is 27.